The van der Waals surface area contributed by atoms with Crippen LogP contribution in [0.4, 0.5) is 9.18 Å². The van der Waals surface area contributed by atoms with Gasteiger partial charge in [0.25, 0.3) is 5.91 Å². The molecule has 7 nitrogen and oxygen atoms in total. The van der Waals surface area contributed by atoms with Crippen LogP contribution in [0.3, 0.4) is 0 Å². The quantitative estimate of drug-likeness (QED) is 0.812. The molecule has 1 aromatic heterocycles. The molecule has 3 heterocycles. The largest absolute Gasteiger partial charge is 0.341 e. The van der Waals surface area contributed by atoms with E-state index in [0.717, 1.165) is 35.2 Å². The second-order valence-electron chi connectivity index (χ2n) is 7.98. The Hall–Kier alpha value is -2.90. The lowest BCUT2D eigenvalue weighted by Crippen LogP contribution is -2.42. The van der Waals surface area contributed by atoms with Gasteiger partial charge in [-0.1, -0.05) is 19.1 Å². The predicted molar refractivity (Wildman–Crippen MR) is 111 cm³/mol. The van der Waals surface area contributed by atoms with Crippen molar-refractivity contribution in [3.05, 3.63) is 52.1 Å². The van der Waals surface area contributed by atoms with Crippen molar-refractivity contribution in [2.75, 3.05) is 26.7 Å². The van der Waals surface area contributed by atoms with E-state index in [4.69, 9.17) is 0 Å². The number of hydrogen-bond donors (Lipinski definition) is 2. The first-order valence-corrected chi connectivity index (χ1v) is 10.6. The summed E-state index contributed by atoms with van der Waals surface area (Å²) in [7, 11) is 1.61. The first-order valence-electron chi connectivity index (χ1n) is 10.6. The lowest BCUT2D eigenvalue weighted by molar-refractivity contribution is 0.0705. The van der Waals surface area contributed by atoms with Crippen molar-refractivity contribution in [3.63, 3.8) is 0 Å². The Morgan fingerprint density at radius 2 is 2.00 bits per heavy atom. The fourth-order valence-corrected chi connectivity index (χ4v) is 4.70. The number of nitrogens with one attached hydrogen (secondary N) is 2. The molecule has 0 aliphatic carbocycles. The van der Waals surface area contributed by atoms with Gasteiger partial charge in [-0.3, -0.25) is 9.89 Å². The van der Waals surface area contributed by atoms with Crippen LogP contribution in [-0.4, -0.2) is 58.6 Å². The minimum absolute atomic E-state index is 0.0608. The van der Waals surface area contributed by atoms with E-state index in [0.29, 0.717) is 44.7 Å². The first-order chi connectivity index (χ1) is 14.5. The number of likely N-dealkylation sites (tertiary alicyclic amines) is 1. The lowest BCUT2D eigenvalue weighted by Gasteiger charge is -2.33. The average molecular weight is 413 g/mol. The minimum Gasteiger partial charge on any atom is -0.341 e. The number of piperidine rings is 1. The van der Waals surface area contributed by atoms with E-state index >= 15 is 0 Å². The van der Waals surface area contributed by atoms with Crippen LogP contribution in [0, 0.1) is 5.82 Å². The molecule has 0 atom stereocenters. The van der Waals surface area contributed by atoms with Gasteiger partial charge < -0.3 is 15.1 Å². The zero-order valence-corrected chi connectivity index (χ0v) is 17.5. The average Bonchev–Trinajstić information content (AvgIpc) is 3.21. The van der Waals surface area contributed by atoms with Gasteiger partial charge in [0.05, 0.1) is 12.2 Å². The fourth-order valence-electron chi connectivity index (χ4n) is 4.70. The zero-order chi connectivity index (χ0) is 21.3. The highest BCUT2D eigenvalue weighted by molar-refractivity contribution is 5.94. The van der Waals surface area contributed by atoms with E-state index < -0.39 is 0 Å². The normalized spacial score (nSPS) is 17.0. The molecule has 30 heavy (non-hydrogen) atoms. The number of carbonyl (C=O) groups excluding carboxylic acids is 2. The molecular formula is C22H28FN5O2. The third kappa shape index (κ3) is 3.66. The summed E-state index contributed by atoms with van der Waals surface area (Å²) >= 11 is 0. The van der Waals surface area contributed by atoms with E-state index in [9.17, 15) is 14.0 Å². The van der Waals surface area contributed by atoms with Gasteiger partial charge in [0.2, 0.25) is 0 Å². The van der Waals surface area contributed by atoms with Crippen LogP contribution in [0.1, 0.15) is 58.6 Å². The number of aromatic nitrogens is 2. The van der Waals surface area contributed by atoms with Crippen molar-refractivity contribution < 1.29 is 14.0 Å². The molecule has 0 unspecified atom stereocenters. The molecule has 0 saturated carbocycles. The van der Waals surface area contributed by atoms with Crippen LogP contribution in [0.2, 0.25) is 0 Å². The standard InChI is InChI=1S/C22H28FN5O2/c1-3-15-16(5-4-6-18(15)23)14-7-10-27(11-8-14)21(29)20-17-9-12-28(22(30)24-2)13-19(17)25-26-20/h4-6,14H,3,7-13H2,1-2H3,(H,24,30)(H,25,26). The van der Waals surface area contributed by atoms with Crippen LogP contribution in [0.25, 0.3) is 0 Å². The summed E-state index contributed by atoms with van der Waals surface area (Å²) < 4.78 is 14.2. The molecule has 8 heteroatoms. The van der Waals surface area contributed by atoms with Gasteiger partial charge in [0.15, 0.2) is 5.69 Å². The number of urea groups is 1. The van der Waals surface area contributed by atoms with Crippen LogP contribution >= 0.6 is 0 Å². The molecule has 0 bridgehead atoms. The van der Waals surface area contributed by atoms with Gasteiger partial charge in [-0.05, 0) is 48.8 Å². The van der Waals surface area contributed by atoms with Crippen molar-refractivity contribution in [3.8, 4) is 0 Å². The summed E-state index contributed by atoms with van der Waals surface area (Å²) in [5, 5.41) is 9.86. The maximum absolute atomic E-state index is 14.2. The molecule has 1 aromatic carbocycles. The Balaban J connectivity index is 1.43. The number of benzene rings is 1. The van der Waals surface area contributed by atoms with Crippen LogP contribution in [0.15, 0.2) is 18.2 Å². The van der Waals surface area contributed by atoms with Gasteiger partial charge in [-0.15, -0.1) is 0 Å². The maximum atomic E-state index is 14.2. The number of nitrogens with zero attached hydrogens (tertiary/aromatic N) is 3. The van der Waals surface area contributed by atoms with Gasteiger partial charge in [0, 0.05) is 32.2 Å². The summed E-state index contributed by atoms with van der Waals surface area (Å²) in [5.41, 5.74) is 4.09. The van der Waals surface area contributed by atoms with Crippen molar-refractivity contribution in [2.24, 2.45) is 0 Å². The molecule has 2 aromatic rings. The Bertz CT molecular complexity index is 949. The number of hydrogen-bond acceptors (Lipinski definition) is 3. The smallest absolute Gasteiger partial charge is 0.317 e. The summed E-state index contributed by atoms with van der Waals surface area (Å²) in [5.74, 6) is 0.0747. The third-order valence-electron chi connectivity index (χ3n) is 6.37. The van der Waals surface area contributed by atoms with Gasteiger partial charge >= 0.3 is 6.03 Å². The Morgan fingerprint density at radius 3 is 2.70 bits per heavy atom. The van der Waals surface area contributed by atoms with Crippen molar-refractivity contribution in [1.82, 2.24) is 25.3 Å². The Kier molecular flexibility index (Phi) is 5.74. The SMILES string of the molecule is CCc1c(F)cccc1C1CCN(C(=O)c2n[nH]c3c2CCN(C(=O)NC)C3)CC1. The van der Waals surface area contributed by atoms with E-state index in [2.05, 4.69) is 15.5 Å². The van der Waals surface area contributed by atoms with E-state index in [1.165, 1.54) is 6.07 Å². The highest BCUT2D eigenvalue weighted by Gasteiger charge is 2.31. The number of fused-ring (bicyclic) bond motifs is 1. The maximum Gasteiger partial charge on any atom is 0.317 e. The third-order valence-corrected chi connectivity index (χ3v) is 6.37. The molecule has 3 amide bonds. The first kappa shape index (κ1) is 20.4. The van der Waals surface area contributed by atoms with E-state index in [1.54, 1.807) is 18.0 Å². The van der Waals surface area contributed by atoms with Crippen molar-refractivity contribution >= 4 is 11.9 Å². The number of amides is 3. The molecule has 1 fully saturated rings. The zero-order valence-electron chi connectivity index (χ0n) is 17.5. The number of aromatic amines is 1. The monoisotopic (exact) mass is 413 g/mol. The van der Waals surface area contributed by atoms with Crippen molar-refractivity contribution in [2.45, 2.75) is 45.1 Å². The van der Waals surface area contributed by atoms with Gasteiger partial charge in [-0.2, -0.15) is 5.10 Å². The molecule has 0 spiro atoms. The van der Waals surface area contributed by atoms with Crippen LogP contribution in [-0.2, 0) is 19.4 Å². The summed E-state index contributed by atoms with van der Waals surface area (Å²) in [4.78, 5) is 28.5. The molecule has 2 aliphatic heterocycles. The minimum atomic E-state index is -0.137. The summed E-state index contributed by atoms with van der Waals surface area (Å²) in [6, 6.07) is 5.19. The van der Waals surface area contributed by atoms with Crippen LogP contribution < -0.4 is 5.32 Å². The molecule has 1 saturated heterocycles. The Morgan fingerprint density at radius 1 is 1.23 bits per heavy atom. The highest BCUT2D eigenvalue weighted by Crippen LogP contribution is 2.32. The number of rotatable bonds is 3. The summed E-state index contributed by atoms with van der Waals surface area (Å²) in [6.07, 6.45) is 2.92. The number of halogens is 1. The molecule has 4 rings (SSSR count). The molecule has 2 aliphatic rings. The molecule has 2 N–H and O–H groups in total. The lowest BCUT2D eigenvalue weighted by atomic mass is 9.85. The fraction of sp³-hybridized carbons (Fsp3) is 0.500. The van der Waals surface area contributed by atoms with E-state index in [-0.39, 0.29) is 23.7 Å². The van der Waals surface area contributed by atoms with E-state index in [1.807, 2.05) is 17.9 Å². The Labute approximate surface area is 175 Å². The molecule has 0 radical (unpaired) electrons. The predicted octanol–water partition coefficient (Wildman–Crippen LogP) is 2.83. The topological polar surface area (TPSA) is 81.3 Å². The van der Waals surface area contributed by atoms with Crippen LogP contribution in [0.5, 0.6) is 0 Å². The van der Waals surface area contributed by atoms with Crippen molar-refractivity contribution in [1.29, 1.82) is 0 Å². The second kappa shape index (κ2) is 8.45. The number of H-pyrrole nitrogens is 1. The van der Waals surface area contributed by atoms with Gasteiger partial charge in [0.1, 0.15) is 5.82 Å². The second-order valence-corrected chi connectivity index (χ2v) is 7.98. The molecular weight excluding hydrogens is 385 g/mol. The van der Waals surface area contributed by atoms with Gasteiger partial charge in [-0.25, -0.2) is 9.18 Å². The summed E-state index contributed by atoms with van der Waals surface area (Å²) in [6.45, 7) is 4.24. The highest BCUT2D eigenvalue weighted by atomic mass is 19.1. The molecule has 160 valence electrons. The number of carbonyl (C=O) groups is 2.